The van der Waals surface area contributed by atoms with Crippen LogP contribution < -0.4 is 11.1 Å². The smallest absolute Gasteiger partial charge is 0.422 e. The standard InChI is InChI=1S/C20H16ClF3N4O4/c1-10(28-18(29)14(8-25)17-26-3-2-4-27-17)15-6-11-5-12(21)7-13(16(11)32-15)19(30)31-9-20(22,23)24/h2-8,10H,9,25H2,1H3,(H,28,29)/b14-8+/t10-/m0/s1. The highest BCUT2D eigenvalue weighted by Gasteiger charge is 2.31. The van der Waals surface area contributed by atoms with Gasteiger partial charge in [0.25, 0.3) is 5.91 Å². The Morgan fingerprint density at radius 3 is 2.59 bits per heavy atom. The van der Waals surface area contributed by atoms with Crippen LogP contribution in [0.25, 0.3) is 16.5 Å². The normalized spacial score (nSPS) is 13.1. The molecule has 2 heterocycles. The Morgan fingerprint density at radius 1 is 1.28 bits per heavy atom. The number of nitrogens with two attached hydrogens (primary N) is 1. The lowest BCUT2D eigenvalue weighted by Crippen LogP contribution is -2.28. The molecule has 0 bridgehead atoms. The van der Waals surface area contributed by atoms with Gasteiger partial charge in [0.05, 0.1) is 11.6 Å². The largest absolute Gasteiger partial charge is 0.458 e. The van der Waals surface area contributed by atoms with Crippen LogP contribution in [0.2, 0.25) is 5.02 Å². The number of benzene rings is 1. The minimum atomic E-state index is -4.68. The van der Waals surface area contributed by atoms with Crippen molar-refractivity contribution in [2.45, 2.75) is 19.1 Å². The molecule has 3 N–H and O–H groups in total. The van der Waals surface area contributed by atoms with Crippen molar-refractivity contribution >= 4 is 40.0 Å². The molecule has 12 heteroatoms. The zero-order valence-corrected chi connectivity index (χ0v) is 17.2. The maximum Gasteiger partial charge on any atom is 0.422 e. The van der Waals surface area contributed by atoms with E-state index in [2.05, 4.69) is 20.0 Å². The van der Waals surface area contributed by atoms with Crippen LogP contribution in [0, 0.1) is 0 Å². The van der Waals surface area contributed by atoms with Crippen LogP contribution in [0.5, 0.6) is 0 Å². The molecule has 0 aliphatic carbocycles. The highest BCUT2D eigenvalue weighted by atomic mass is 35.5. The first-order valence-electron chi connectivity index (χ1n) is 9.06. The van der Waals surface area contributed by atoms with E-state index in [-0.39, 0.29) is 33.3 Å². The third kappa shape index (κ3) is 5.35. The molecule has 0 saturated heterocycles. The predicted octanol–water partition coefficient (Wildman–Crippen LogP) is 3.77. The molecular weight excluding hydrogens is 453 g/mol. The van der Waals surface area contributed by atoms with Crippen LogP contribution in [0.4, 0.5) is 13.2 Å². The molecule has 168 valence electrons. The van der Waals surface area contributed by atoms with E-state index in [1.807, 2.05) is 0 Å². The summed E-state index contributed by atoms with van der Waals surface area (Å²) >= 11 is 5.98. The van der Waals surface area contributed by atoms with Crippen molar-refractivity contribution in [2.75, 3.05) is 6.61 Å². The van der Waals surface area contributed by atoms with Gasteiger partial charge < -0.3 is 20.2 Å². The quantitative estimate of drug-likeness (QED) is 0.417. The van der Waals surface area contributed by atoms with Crippen molar-refractivity contribution in [2.24, 2.45) is 5.73 Å². The second-order valence-corrected chi connectivity index (χ2v) is 7.00. The number of hydrogen-bond acceptors (Lipinski definition) is 7. The topological polar surface area (TPSA) is 120 Å². The number of nitrogens with zero attached hydrogens (tertiary/aromatic N) is 2. The molecule has 0 fully saturated rings. The Hall–Kier alpha value is -3.60. The number of hydrogen-bond donors (Lipinski definition) is 2. The zero-order valence-electron chi connectivity index (χ0n) is 16.4. The van der Waals surface area contributed by atoms with Gasteiger partial charge in [-0.25, -0.2) is 14.8 Å². The molecule has 0 aliphatic heterocycles. The van der Waals surface area contributed by atoms with Gasteiger partial charge in [-0.1, -0.05) is 11.6 Å². The summed E-state index contributed by atoms with van der Waals surface area (Å²) in [5, 5.41) is 3.09. The lowest BCUT2D eigenvalue weighted by molar-refractivity contribution is -0.161. The summed E-state index contributed by atoms with van der Waals surface area (Å²) in [7, 11) is 0. The number of fused-ring (bicyclic) bond motifs is 1. The number of nitrogens with one attached hydrogen (secondary N) is 1. The first-order valence-corrected chi connectivity index (χ1v) is 9.44. The molecule has 0 radical (unpaired) electrons. The molecule has 8 nitrogen and oxygen atoms in total. The molecule has 2 aromatic heterocycles. The van der Waals surface area contributed by atoms with E-state index >= 15 is 0 Å². The van der Waals surface area contributed by atoms with E-state index in [1.165, 1.54) is 24.5 Å². The number of aromatic nitrogens is 2. The van der Waals surface area contributed by atoms with Gasteiger partial charge in [0, 0.05) is 29.0 Å². The number of amides is 1. The summed E-state index contributed by atoms with van der Waals surface area (Å²) in [5.41, 5.74) is 5.25. The minimum Gasteiger partial charge on any atom is -0.458 e. The number of carbonyl (C=O) groups is 2. The maximum absolute atomic E-state index is 12.6. The highest BCUT2D eigenvalue weighted by Crippen LogP contribution is 2.31. The van der Waals surface area contributed by atoms with Crippen molar-refractivity contribution < 1.29 is 31.9 Å². The summed E-state index contributed by atoms with van der Waals surface area (Å²) in [6, 6.07) is 4.96. The molecule has 0 spiro atoms. The Bertz CT molecular complexity index is 1180. The van der Waals surface area contributed by atoms with E-state index < -0.39 is 30.7 Å². The number of esters is 1. The second-order valence-electron chi connectivity index (χ2n) is 6.56. The molecule has 1 atom stereocenters. The monoisotopic (exact) mass is 468 g/mol. The van der Waals surface area contributed by atoms with Crippen LogP contribution in [-0.2, 0) is 9.53 Å². The first-order chi connectivity index (χ1) is 15.1. The van der Waals surface area contributed by atoms with Gasteiger partial charge in [0.1, 0.15) is 16.9 Å². The van der Waals surface area contributed by atoms with E-state index in [0.29, 0.717) is 5.39 Å². The highest BCUT2D eigenvalue weighted by molar-refractivity contribution is 6.32. The Kier molecular flexibility index (Phi) is 6.68. The van der Waals surface area contributed by atoms with Gasteiger partial charge >= 0.3 is 12.1 Å². The van der Waals surface area contributed by atoms with Gasteiger partial charge in [0.2, 0.25) is 0 Å². The summed E-state index contributed by atoms with van der Waals surface area (Å²) in [6.07, 6.45) is -0.725. The fraction of sp³-hybridized carbons (Fsp3) is 0.200. The summed E-state index contributed by atoms with van der Waals surface area (Å²) < 4.78 is 47.1. The van der Waals surface area contributed by atoms with Crippen LogP contribution in [0.15, 0.2) is 47.3 Å². The number of alkyl halides is 3. The Labute approximate surface area is 184 Å². The van der Waals surface area contributed by atoms with Gasteiger partial charge in [-0.15, -0.1) is 0 Å². The summed E-state index contributed by atoms with van der Waals surface area (Å²) in [6.45, 7) is -0.158. The van der Waals surface area contributed by atoms with Gasteiger partial charge in [-0.05, 0) is 31.2 Å². The molecule has 0 saturated carbocycles. The molecule has 1 aromatic carbocycles. The van der Waals surface area contributed by atoms with Crippen molar-refractivity contribution in [3.8, 4) is 0 Å². The fourth-order valence-corrected chi connectivity index (χ4v) is 2.99. The third-order valence-corrected chi connectivity index (χ3v) is 4.40. The Balaban J connectivity index is 1.85. The second kappa shape index (κ2) is 9.27. The van der Waals surface area contributed by atoms with Crippen LogP contribution in [0.3, 0.4) is 0 Å². The van der Waals surface area contributed by atoms with Crippen molar-refractivity contribution in [3.63, 3.8) is 0 Å². The third-order valence-electron chi connectivity index (χ3n) is 4.18. The van der Waals surface area contributed by atoms with Gasteiger partial charge in [0.15, 0.2) is 12.4 Å². The fourth-order valence-electron chi connectivity index (χ4n) is 2.76. The average Bonchev–Trinajstić information content (AvgIpc) is 3.16. The van der Waals surface area contributed by atoms with Gasteiger partial charge in [-0.2, -0.15) is 13.2 Å². The van der Waals surface area contributed by atoms with E-state index in [9.17, 15) is 22.8 Å². The summed E-state index contributed by atoms with van der Waals surface area (Å²) in [5.74, 6) is -1.51. The number of rotatable bonds is 6. The average molecular weight is 469 g/mol. The molecule has 3 aromatic rings. The van der Waals surface area contributed by atoms with E-state index in [0.717, 1.165) is 12.3 Å². The molecule has 32 heavy (non-hydrogen) atoms. The van der Waals surface area contributed by atoms with Crippen molar-refractivity contribution in [3.05, 3.63) is 65.0 Å². The SMILES string of the molecule is C[C@H](NC(=O)/C(=C/N)c1ncccn1)c1cc2cc(Cl)cc(C(=O)OCC(F)(F)F)c2o1. The number of ether oxygens (including phenoxy) is 1. The lowest BCUT2D eigenvalue weighted by atomic mass is 10.1. The van der Waals surface area contributed by atoms with E-state index in [1.54, 1.807) is 13.0 Å². The molecular formula is C20H16ClF3N4O4. The zero-order chi connectivity index (χ0) is 23.5. The maximum atomic E-state index is 12.6. The van der Waals surface area contributed by atoms with Crippen LogP contribution >= 0.6 is 11.6 Å². The molecule has 0 aliphatic rings. The molecule has 1 amide bonds. The molecule has 0 unspecified atom stereocenters. The first kappa shape index (κ1) is 23.1. The predicted molar refractivity (Wildman–Crippen MR) is 108 cm³/mol. The summed E-state index contributed by atoms with van der Waals surface area (Å²) in [4.78, 5) is 32.7. The van der Waals surface area contributed by atoms with Crippen molar-refractivity contribution in [1.29, 1.82) is 0 Å². The molecule has 3 rings (SSSR count). The number of halogens is 4. The minimum absolute atomic E-state index is 0.0213. The van der Waals surface area contributed by atoms with E-state index in [4.69, 9.17) is 21.8 Å². The van der Waals surface area contributed by atoms with Gasteiger partial charge in [-0.3, -0.25) is 4.79 Å². The van der Waals surface area contributed by atoms with Crippen LogP contribution in [-0.4, -0.2) is 34.6 Å². The Morgan fingerprint density at radius 2 is 1.97 bits per heavy atom. The van der Waals surface area contributed by atoms with Crippen LogP contribution in [0.1, 0.15) is 34.9 Å². The van der Waals surface area contributed by atoms with Crippen molar-refractivity contribution in [1.82, 2.24) is 15.3 Å². The number of carbonyl (C=O) groups excluding carboxylic acids is 2. The lowest BCUT2D eigenvalue weighted by Gasteiger charge is -2.12. The number of furan rings is 1.